The molecule has 9 nitrogen and oxygen atoms in total. The third-order valence-corrected chi connectivity index (χ3v) is 8.01. The van der Waals surface area contributed by atoms with Crippen molar-refractivity contribution in [1.29, 1.82) is 0 Å². The number of rotatable bonds is 8. The SMILES string of the molecule is CCOC(=O)c1cccc2nc(C)n(Cc3ccc(-c4ccccc4S(=O)(=O)Nc4onc(C)c4C)cc3)c12. The van der Waals surface area contributed by atoms with Crippen molar-refractivity contribution in [2.45, 2.75) is 39.1 Å². The molecular weight excluding hydrogens is 516 g/mol. The van der Waals surface area contributed by atoms with E-state index in [0.717, 1.165) is 28.0 Å². The minimum absolute atomic E-state index is 0.0998. The zero-order valence-corrected chi connectivity index (χ0v) is 22.9. The summed E-state index contributed by atoms with van der Waals surface area (Å²) < 4.78 is 41.5. The fourth-order valence-corrected chi connectivity index (χ4v) is 5.75. The second kappa shape index (κ2) is 10.4. The fraction of sp³-hybridized carbons (Fsp3) is 0.207. The molecule has 0 aliphatic rings. The lowest BCUT2D eigenvalue weighted by molar-refractivity contribution is 0.0528. The molecule has 10 heteroatoms. The van der Waals surface area contributed by atoms with Gasteiger partial charge in [0, 0.05) is 17.7 Å². The Hall–Kier alpha value is -4.44. The summed E-state index contributed by atoms with van der Waals surface area (Å²) in [4.78, 5) is 17.3. The van der Waals surface area contributed by atoms with Gasteiger partial charge < -0.3 is 13.8 Å². The molecule has 5 aromatic rings. The number of carbonyl (C=O) groups is 1. The Balaban J connectivity index is 1.46. The maximum atomic E-state index is 13.3. The summed E-state index contributed by atoms with van der Waals surface area (Å²) in [7, 11) is -3.94. The highest BCUT2D eigenvalue weighted by Gasteiger charge is 2.23. The van der Waals surface area contributed by atoms with Crippen LogP contribution in [0.25, 0.3) is 22.2 Å². The summed E-state index contributed by atoms with van der Waals surface area (Å²) >= 11 is 0. The number of hydrogen-bond acceptors (Lipinski definition) is 7. The quantitative estimate of drug-likeness (QED) is 0.251. The molecule has 2 heterocycles. The number of para-hydroxylation sites is 1. The maximum absolute atomic E-state index is 13.3. The van der Waals surface area contributed by atoms with Crippen LogP contribution in [-0.2, 0) is 21.3 Å². The van der Waals surface area contributed by atoms with E-state index in [1.807, 2.05) is 41.8 Å². The number of carbonyl (C=O) groups excluding carboxylic acids is 1. The molecule has 0 bridgehead atoms. The van der Waals surface area contributed by atoms with Crippen LogP contribution in [0.3, 0.4) is 0 Å². The van der Waals surface area contributed by atoms with Gasteiger partial charge in [-0.15, -0.1) is 0 Å². The summed E-state index contributed by atoms with van der Waals surface area (Å²) in [6.07, 6.45) is 0. The smallest absolute Gasteiger partial charge is 0.340 e. The third-order valence-electron chi connectivity index (χ3n) is 6.62. The molecule has 5 rings (SSSR count). The van der Waals surface area contributed by atoms with E-state index in [9.17, 15) is 13.2 Å². The van der Waals surface area contributed by atoms with Gasteiger partial charge in [-0.25, -0.2) is 22.9 Å². The summed E-state index contributed by atoms with van der Waals surface area (Å²) in [5.41, 5.74) is 5.42. The lowest BCUT2D eigenvalue weighted by Crippen LogP contribution is -2.14. The van der Waals surface area contributed by atoms with Crippen molar-refractivity contribution in [3.8, 4) is 11.1 Å². The first-order valence-electron chi connectivity index (χ1n) is 12.5. The van der Waals surface area contributed by atoms with Gasteiger partial charge in [0.25, 0.3) is 10.0 Å². The third kappa shape index (κ3) is 5.03. The number of imidazole rings is 1. The van der Waals surface area contributed by atoms with E-state index in [2.05, 4.69) is 14.9 Å². The van der Waals surface area contributed by atoms with E-state index in [4.69, 9.17) is 9.26 Å². The van der Waals surface area contributed by atoms with E-state index >= 15 is 0 Å². The highest BCUT2D eigenvalue weighted by molar-refractivity contribution is 7.92. The number of aryl methyl sites for hydroxylation is 2. The van der Waals surface area contributed by atoms with E-state index in [1.54, 1.807) is 57.2 Å². The Labute approximate surface area is 226 Å². The Kier molecular flexibility index (Phi) is 6.96. The molecule has 0 atom stereocenters. The van der Waals surface area contributed by atoms with E-state index in [1.165, 1.54) is 0 Å². The molecule has 2 aromatic heterocycles. The molecule has 39 heavy (non-hydrogen) atoms. The van der Waals surface area contributed by atoms with Crippen molar-refractivity contribution >= 4 is 32.9 Å². The Bertz CT molecular complexity index is 1790. The van der Waals surface area contributed by atoms with E-state index in [0.29, 0.717) is 28.9 Å². The minimum atomic E-state index is -3.94. The van der Waals surface area contributed by atoms with E-state index < -0.39 is 10.0 Å². The van der Waals surface area contributed by atoms with Gasteiger partial charge in [0.05, 0.1) is 33.8 Å². The van der Waals surface area contributed by atoms with Gasteiger partial charge in [-0.3, -0.25) is 0 Å². The van der Waals surface area contributed by atoms with Crippen LogP contribution >= 0.6 is 0 Å². The summed E-state index contributed by atoms with van der Waals surface area (Å²) in [5, 5.41) is 3.83. The summed E-state index contributed by atoms with van der Waals surface area (Å²) in [6.45, 7) is 7.93. The molecule has 0 saturated carbocycles. The Morgan fingerprint density at radius 1 is 1.00 bits per heavy atom. The molecule has 1 N–H and O–H groups in total. The topological polar surface area (TPSA) is 116 Å². The predicted octanol–water partition coefficient (Wildman–Crippen LogP) is 5.64. The molecule has 3 aromatic carbocycles. The monoisotopic (exact) mass is 544 g/mol. The number of nitrogens with one attached hydrogen (secondary N) is 1. The summed E-state index contributed by atoms with van der Waals surface area (Å²) in [6, 6.07) is 19.9. The first-order valence-corrected chi connectivity index (χ1v) is 13.9. The van der Waals surface area contributed by atoms with Gasteiger partial charge in [0.15, 0.2) is 0 Å². The molecule has 0 radical (unpaired) electrons. The van der Waals surface area contributed by atoms with Gasteiger partial charge in [0.1, 0.15) is 5.82 Å². The van der Waals surface area contributed by atoms with Crippen LogP contribution in [0.5, 0.6) is 0 Å². The molecule has 0 amide bonds. The van der Waals surface area contributed by atoms with Gasteiger partial charge in [-0.2, -0.15) is 0 Å². The zero-order valence-electron chi connectivity index (χ0n) is 22.1. The molecule has 0 spiro atoms. The number of anilines is 1. The number of esters is 1. The zero-order chi connectivity index (χ0) is 27.7. The average molecular weight is 545 g/mol. The van der Waals surface area contributed by atoms with Crippen molar-refractivity contribution in [2.24, 2.45) is 0 Å². The molecule has 0 fully saturated rings. The van der Waals surface area contributed by atoms with Crippen LogP contribution in [0.15, 0.2) is 76.1 Å². The van der Waals surface area contributed by atoms with Crippen molar-refractivity contribution in [1.82, 2.24) is 14.7 Å². The Morgan fingerprint density at radius 2 is 1.74 bits per heavy atom. The maximum Gasteiger partial charge on any atom is 0.340 e. The predicted molar refractivity (Wildman–Crippen MR) is 148 cm³/mol. The number of hydrogen-bond donors (Lipinski definition) is 1. The van der Waals surface area contributed by atoms with Crippen LogP contribution < -0.4 is 4.72 Å². The fourth-order valence-electron chi connectivity index (χ4n) is 4.47. The van der Waals surface area contributed by atoms with Gasteiger partial charge >= 0.3 is 5.97 Å². The number of benzene rings is 3. The van der Waals surface area contributed by atoms with Crippen LogP contribution in [0.2, 0.25) is 0 Å². The lowest BCUT2D eigenvalue weighted by atomic mass is 10.0. The van der Waals surface area contributed by atoms with E-state index in [-0.39, 0.29) is 23.4 Å². The average Bonchev–Trinajstić information content (AvgIpc) is 3.41. The molecule has 200 valence electrons. The van der Waals surface area contributed by atoms with Crippen molar-refractivity contribution in [3.63, 3.8) is 0 Å². The van der Waals surface area contributed by atoms with Gasteiger partial charge in [-0.05, 0) is 57.0 Å². The van der Waals surface area contributed by atoms with Crippen LogP contribution in [0, 0.1) is 20.8 Å². The lowest BCUT2D eigenvalue weighted by Gasteiger charge is -2.13. The largest absolute Gasteiger partial charge is 0.462 e. The minimum Gasteiger partial charge on any atom is -0.462 e. The first-order chi connectivity index (χ1) is 18.7. The number of fused-ring (bicyclic) bond motifs is 1. The molecule has 0 saturated heterocycles. The highest BCUT2D eigenvalue weighted by atomic mass is 32.2. The normalized spacial score (nSPS) is 11.6. The second-order valence-corrected chi connectivity index (χ2v) is 10.8. The standard InChI is InChI=1S/C29H28N4O5S/c1-5-37-29(34)24-10-8-11-25-27(24)33(20(4)30-25)17-21-13-15-22(16-14-21)23-9-6-7-12-26(23)39(35,36)32-28-18(2)19(3)31-38-28/h6-16,32H,5,17H2,1-4H3. The first kappa shape index (κ1) is 26.2. The van der Waals surface area contributed by atoms with Gasteiger partial charge in [-0.1, -0.05) is 53.7 Å². The molecule has 0 unspecified atom stereocenters. The van der Waals surface area contributed by atoms with Crippen molar-refractivity contribution in [3.05, 3.63) is 94.9 Å². The molecule has 0 aliphatic carbocycles. The van der Waals surface area contributed by atoms with Crippen molar-refractivity contribution in [2.75, 3.05) is 11.3 Å². The van der Waals surface area contributed by atoms with Crippen LogP contribution in [0.4, 0.5) is 5.88 Å². The number of nitrogens with zero attached hydrogens (tertiary/aromatic N) is 3. The van der Waals surface area contributed by atoms with Crippen LogP contribution in [0.1, 0.15) is 39.9 Å². The van der Waals surface area contributed by atoms with Crippen molar-refractivity contribution < 1.29 is 22.5 Å². The summed E-state index contributed by atoms with van der Waals surface area (Å²) in [5.74, 6) is 0.482. The molecular formula is C29H28N4O5S. The van der Waals surface area contributed by atoms with Gasteiger partial charge in [0.2, 0.25) is 5.88 Å². The number of aromatic nitrogens is 3. The molecule has 0 aliphatic heterocycles. The Morgan fingerprint density at radius 3 is 2.44 bits per heavy atom. The number of ether oxygens (including phenoxy) is 1. The number of sulfonamides is 1. The van der Waals surface area contributed by atoms with Crippen LogP contribution in [-0.4, -0.2) is 35.7 Å². The second-order valence-electron chi connectivity index (χ2n) is 9.16. The highest BCUT2D eigenvalue weighted by Crippen LogP contribution is 2.31.